The number of aromatic nitrogens is 2. The number of aryl methyl sites for hydroxylation is 1. The average Bonchev–Trinajstić information content (AvgIpc) is 3.07. The van der Waals surface area contributed by atoms with Crippen molar-refractivity contribution in [3.63, 3.8) is 0 Å². The fourth-order valence-corrected chi connectivity index (χ4v) is 4.37. The van der Waals surface area contributed by atoms with E-state index in [4.69, 9.17) is 0 Å². The highest BCUT2D eigenvalue weighted by Crippen LogP contribution is 2.23. The standard InChI is InChI=1S/C22H33N5O/c1-16-9-17(2)13-27(12-16)15-19-8-6-5-7-18(19)10-24-22(28)21(23-3)20-11-25-26(4)14-20/h5-8,11,14,16-17,21,23H,9-10,12-13,15H2,1-4H3,(H,24,28). The van der Waals surface area contributed by atoms with Crippen molar-refractivity contribution < 1.29 is 4.79 Å². The molecule has 0 bridgehead atoms. The zero-order chi connectivity index (χ0) is 20.1. The van der Waals surface area contributed by atoms with Crippen molar-refractivity contribution >= 4 is 5.91 Å². The van der Waals surface area contributed by atoms with Crippen LogP contribution in [0.3, 0.4) is 0 Å². The molecule has 0 aliphatic carbocycles. The van der Waals surface area contributed by atoms with E-state index >= 15 is 0 Å². The van der Waals surface area contributed by atoms with Crippen LogP contribution >= 0.6 is 0 Å². The van der Waals surface area contributed by atoms with Crippen LogP contribution in [-0.2, 0) is 24.9 Å². The molecule has 0 spiro atoms. The minimum absolute atomic E-state index is 0.0366. The van der Waals surface area contributed by atoms with E-state index in [1.807, 2.05) is 19.3 Å². The summed E-state index contributed by atoms with van der Waals surface area (Å²) in [4.78, 5) is 15.3. The van der Waals surface area contributed by atoms with Gasteiger partial charge in [0.15, 0.2) is 0 Å². The van der Waals surface area contributed by atoms with E-state index in [-0.39, 0.29) is 5.91 Å². The van der Waals surface area contributed by atoms with E-state index in [0.29, 0.717) is 6.54 Å². The molecule has 28 heavy (non-hydrogen) atoms. The maximum Gasteiger partial charge on any atom is 0.242 e. The summed E-state index contributed by atoms with van der Waals surface area (Å²) in [5.41, 5.74) is 3.35. The van der Waals surface area contributed by atoms with Gasteiger partial charge in [-0.2, -0.15) is 5.10 Å². The summed E-state index contributed by atoms with van der Waals surface area (Å²) in [5.74, 6) is 1.45. The molecule has 1 aliphatic rings. The number of nitrogens with one attached hydrogen (secondary N) is 2. The van der Waals surface area contributed by atoms with Gasteiger partial charge in [-0.1, -0.05) is 38.1 Å². The molecule has 3 rings (SSSR count). The summed E-state index contributed by atoms with van der Waals surface area (Å²) < 4.78 is 1.71. The van der Waals surface area contributed by atoms with Crippen molar-refractivity contribution in [2.45, 2.75) is 39.4 Å². The minimum Gasteiger partial charge on any atom is -0.350 e. The number of benzene rings is 1. The van der Waals surface area contributed by atoms with Crippen LogP contribution in [0.2, 0.25) is 0 Å². The number of hydrogen-bond donors (Lipinski definition) is 2. The van der Waals surface area contributed by atoms with Crippen molar-refractivity contribution in [2.24, 2.45) is 18.9 Å². The molecule has 1 saturated heterocycles. The number of amides is 1. The molecule has 1 aliphatic heterocycles. The summed E-state index contributed by atoms with van der Waals surface area (Å²) in [6, 6.07) is 8.03. The molecule has 1 amide bonds. The van der Waals surface area contributed by atoms with Crippen molar-refractivity contribution in [2.75, 3.05) is 20.1 Å². The van der Waals surface area contributed by atoms with E-state index in [0.717, 1.165) is 37.0 Å². The number of carbonyl (C=O) groups excluding carboxylic acids is 1. The molecule has 6 heteroatoms. The molecule has 0 radical (unpaired) electrons. The Morgan fingerprint density at radius 3 is 2.50 bits per heavy atom. The second-order valence-corrected chi connectivity index (χ2v) is 8.30. The molecule has 2 N–H and O–H groups in total. The molecular formula is C22H33N5O. The Balaban J connectivity index is 1.63. The first-order valence-corrected chi connectivity index (χ1v) is 10.2. The van der Waals surface area contributed by atoms with Gasteiger partial charge in [0.2, 0.25) is 5.91 Å². The van der Waals surface area contributed by atoms with Crippen LogP contribution in [0.15, 0.2) is 36.7 Å². The topological polar surface area (TPSA) is 62.2 Å². The number of likely N-dealkylation sites (tertiary alicyclic amines) is 1. The molecule has 152 valence electrons. The summed E-state index contributed by atoms with van der Waals surface area (Å²) in [6.45, 7) is 8.45. The highest BCUT2D eigenvalue weighted by atomic mass is 16.2. The Kier molecular flexibility index (Phi) is 6.86. The fraction of sp³-hybridized carbons (Fsp3) is 0.545. The molecule has 6 nitrogen and oxygen atoms in total. The lowest BCUT2D eigenvalue weighted by atomic mass is 9.91. The van der Waals surface area contributed by atoms with Crippen LogP contribution in [0.1, 0.15) is 43.0 Å². The van der Waals surface area contributed by atoms with Gasteiger partial charge in [0.1, 0.15) is 6.04 Å². The second-order valence-electron chi connectivity index (χ2n) is 8.30. The Labute approximate surface area is 168 Å². The summed E-state index contributed by atoms with van der Waals surface area (Å²) in [5, 5.41) is 10.3. The van der Waals surface area contributed by atoms with Crippen LogP contribution in [0.5, 0.6) is 0 Å². The number of likely N-dealkylation sites (N-methyl/N-ethyl adjacent to an activating group) is 1. The van der Waals surface area contributed by atoms with Gasteiger partial charge in [0.05, 0.1) is 6.20 Å². The van der Waals surface area contributed by atoms with Gasteiger partial charge in [0, 0.05) is 45.0 Å². The van der Waals surface area contributed by atoms with Crippen LogP contribution in [-0.4, -0.2) is 40.7 Å². The Bertz CT molecular complexity index is 777. The Morgan fingerprint density at radius 2 is 1.89 bits per heavy atom. The smallest absolute Gasteiger partial charge is 0.242 e. The lowest BCUT2D eigenvalue weighted by Gasteiger charge is -2.35. The predicted molar refractivity (Wildman–Crippen MR) is 112 cm³/mol. The van der Waals surface area contributed by atoms with Gasteiger partial charge >= 0.3 is 0 Å². The van der Waals surface area contributed by atoms with Crippen molar-refractivity contribution in [3.8, 4) is 0 Å². The summed E-state index contributed by atoms with van der Waals surface area (Å²) in [7, 11) is 3.65. The first kappa shape index (κ1) is 20.6. The highest BCUT2D eigenvalue weighted by molar-refractivity contribution is 5.83. The molecule has 3 unspecified atom stereocenters. The van der Waals surface area contributed by atoms with Crippen LogP contribution < -0.4 is 10.6 Å². The normalized spacial score (nSPS) is 21.4. The molecular weight excluding hydrogens is 350 g/mol. The number of piperidine rings is 1. The SMILES string of the molecule is CNC(C(=O)NCc1ccccc1CN1CC(C)CC(C)C1)c1cnn(C)c1. The van der Waals surface area contributed by atoms with E-state index in [9.17, 15) is 4.79 Å². The van der Waals surface area contributed by atoms with E-state index in [1.165, 1.54) is 17.5 Å². The molecule has 2 heterocycles. The van der Waals surface area contributed by atoms with Crippen LogP contribution in [0.4, 0.5) is 0 Å². The van der Waals surface area contributed by atoms with E-state index in [1.54, 1.807) is 17.9 Å². The minimum atomic E-state index is -0.398. The molecule has 1 aromatic carbocycles. The Morgan fingerprint density at radius 1 is 1.21 bits per heavy atom. The molecule has 0 saturated carbocycles. The third kappa shape index (κ3) is 5.20. The molecule has 1 aromatic heterocycles. The van der Waals surface area contributed by atoms with Crippen LogP contribution in [0.25, 0.3) is 0 Å². The molecule has 2 aromatic rings. The van der Waals surface area contributed by atoms with Gasteiger partial charge in [0.25, 0.3) is 0 Å². The number of hydrogen-bond acceptors (Lipinski definition) is 4. The van der Waals surface area contributed by atoms with E-state index in [2.05, 4.69) is 52.7 Å². The lowest BCUT2D eigenvalue weighted by Crippen LogP contribution is -2.38. The van der Waals surface area contributed by atoms with Gasteiger partial charge in [-0.05, 0) is 36.4 Å². The molecule has 3 atom stereocenters. The van der Waals surface area contributed by atoms with Crippen molar-refractivity contribution in [1.82, 2.24) is 25.3 Å². The first-order chi connectivity index (χ1) is 13.5. The summed E-state index contributed by atoms with van der Waals surface area (Å²) >= 11 is 0. The maximum absolute atomic E-state index is 12.7. The number of nitrogens with zero attached hydrogens (tertiary/aromatic N) is 3. The van der Waals surface area contributed by atoms with Crippen molar-refractivity contribution in [3.05, 3.63) is 53.3 Å². The van der Waals surface area contributed by atoms with Crippen LogP contribution in [0, 0.1) is 11.8 Å². The average molecular weight is 384 g/mol. The predicted octanol–water partition coefficient (Wildman–Crippen LogP) is 2.47. The monoisotopic (exact) mass is 383 g/mol. The van der Waals surface area contributed by atoms with Gasteiger partial charge in [-0.25, -0.2) is 0 Å². The first-order valence-electron chi connectivity index (χ1n) is 10.2. The number of rotatable bonds is 7. The third-order valence-electron chi connectivity index (χ3n) is 5.52. The van der Waals surface area contributed by atoms with Crippen molar-refractivity contribution in [1.29, 1.82) is 0 Å². The summed E-state index contributed by atoms with van der Waals surface area (Å²) in [6.07, 6.45) is 4.91. The van der Waals surface area contributed by atoms with Gasteiger partial charge in [-0.15, -0.1) is 0 Å². The maximum atomic E-state index is 12.7. The van der Waals surface area contributed by atoms with Gasteiger partial charge < -0.3 is 10.6 Å². The zero-order valence-corrected chi connectivity index (χ0v) is 17.5. The third-order valence-corrected chi connectivity index (χ3v) is 5.52. The highest BCUT2D eigenvalue weighted by Gasteiger charge is 2.23. The second kappa shape index (κ2) is 9.34. The van der Waals surface area contributed by atoms with Gasteiger partial charge in [-0.3, -0.25) is 14.4 Å². The quantitative estimate of drug-likeness (QED) is 0.771. The zero-order valence-electron chi connectivity index (χ0n) is 17.5. The largest absolute Gasteiger partial charge is 0.350 e. The lowest BCUT2D eigenvalue weighted by molar-refractivity contribution is -0.123. The fourth-order valence-electron chi connectivity index (χ4n) is 4.37. The van der Waals surface area contributed by atoms with E-state index < -0.39 is 6.04 Å². The Hall–Kier alpha value is -2.18. The number of carbonyl (C=O) groups is 1. The molecule has 1 fully saturated rings.